The number of nitrogens with zero attached hydrogens (tertiary/aromatic N) is 1. The molecule has 0 radical (unpaired) electrons. The molecule has 1 aromatic carbocycles. The van der Waals surface area contributed by atoms with E-state index in [2.05, 4.69) is 5.32 Å². The Hall–Kier alpha value is -2.04. The standard InChI is InChI=1S/C15H22N2O3/c1-11(2)10-17(4)14(20)16-15(3,13(18)19)12-8-6-5-7-9-12/h5-9,11H,10H2,1-4H3,(H,16,20)(H,18,19). The molecule has 1 unspecified atom stereocenters. The summed E-state index contributed by atoms with van der Waals surface area (Å²) >= 11 is 0. The Bertz CT molecular complexity index is 473. The van der Waals surface area contributed by atoms with Crippen molar-refractivity contribution in [3.8, 4) is 0 Å². The van der Waals surface area contributed by atoms with Gasteiger partial charge in [-0.3, -0.25) is 0 Å². The number of carboxylic acid groups (broad SMARTS) is 1. The highest BCUT2D eigenvalue weighted by molar-refractivity contribution is 5.87. The van der Waals surface area contributed by atoms with Crippen LogP contribution in [0, 0.1) is 5.92 Å². The summed E-state index contributed by atoms with van der Waals surface area (Å²) in [5, 5.41) is 12.1. The van der Waals surface area contributed by atoms with E-state index in [0.717, 1.165) is 0 Å². The minimum atomic E-state index is -1.44. The van der Waals surface area contributed by atoms with Gasteiger partial charge in [-0.15, -0.1) is 0 Å². The summed E-state index contributed by atoms with van der Waals surface area (Å²) in [4.78, 5) is 25.2. The number of carbonyl (C=O) groups is 2. The smallest absolute Gasteiger partial charge is 0.333 e. The number of hydrogen-bond acceptors (Lipinski definition) is 2. The first-order valence-corrected chi connectivity index (χ1v) is 6.59. The molecule has 1 atom stereocenters. The monoisotopic (exact) mass is 278 g/mol. The van der Waals surface area contributed by atoms with Crippen LogP contribution in [0.2, 0.25) is 0 Å². The van der Waals surface area contributed by atoms with Gasteiger partial charge in [-0.25, -0.2) is 9.59 Å². The van der Waals surface area contributed by atoms with Crippen molar-refractivity contribution in [1.82, 2.24) is 10.2 Å². The van der Waals surface area contributed by atoms with Crippen LogP contribution in [0.3, 0.4) is 0 Å². The molecule has 0 spiro atoms. The SMILES string of the molecule is CC(C)CN(C)C(=O)NC(C)(C(=O)O)c1ccccc1. The zero-order valence-corrected chi connectivity index (χ0v) is 12.4. The maximum Gasteiger partial charge on any atom is 0.333 e. The van der Waals surface area contributed by atoms with E-state index in [4.69, 9.17) is 0 Å². The number of rotatable bonds is 5. The van der Waals surface area contributed by atoms with E-state index in [1.807, 2.05) is 13.8 Å². The highest BCUT2D eigenvalue weighted by atomic mass is 16.4. The molecule has 0 saturated heterocycles. The van der Waals surface area contributed by atoms with Crippen LogP contribution in [-0.2, 0) is 10.3 Å². The fraction of sp³-hybridized carbons (Fsp3) is 0.467. The highest BCUT2D eigenvalue weighted by Crippen LogP contribution is 2.21. The van der Waals surface area contributed by atoms with E-state index >= 15 is 0 Å². The zero-order valence-electron chi connectivity index (χ0n) is 12.4. The first-order valence-electron chi connectivity index (χ1n) is 6.59. The van der Waals surface area contributed by atoms with E-state index < -0.39 is 17.5 Å². The predicted octanol–water partition coefficient (Wildman–Crippen LogP) is 2.28. The molecule has 0 bridgehead atoms. The number of carbonyl (C=O) groups excluding carboxylic acids is 1. The fourth-order valence-electron chi connectivity index (χ4n) is 1.96. The van der Waals surface area contributed by atoms with Crippen molar-refractivity contribution in [3.63, 3.8) is 0 Å². The molecule has 2 N–H and O–H groups in total. The quantitative estimate of drug-likeness (QED) is 0.868. The summed E-state index contributed by atoms with van der Waals surface area (Å²) in [5.41, 5.74) is -0.900. The van der Waals surface area contributed by atoms with Gasteiger partial charge in [0.25, 0.3) is 0 Å². The number of aliphatic carboxylic acids is 1. The summed E-state index contributed by atoms with van der Waals surface area (Å²) in [7, 11) is 1.66. The van der Waals surface area contributed by atoms with Crippen LogP contribution >= 0.6 is 0 Å². The van der Waals surface area contributed by atoms with E-state index in [1.165, 1.54) is 11.8 Å². The van der Waals surface area contributed by atoms with Crippen molar-refractivity contribution in [1.29, 1.82) is 0 Å². The Balaban J connectivity index is 2.94. The number of carboxylic acids is 1. The fourth-order valence-corrected chi connectivity index (χ4v) is 1.96. The van der Waals surface area contributed by atoms with Crippen molar-refractivity contribution < 1.29 is 14.7 Å². The minimum absolute atomic E-state index is 0.318. The molecule has 20 heavy (non-hydrogen) atoms. The first-order chi connectivity index (χ1) is 9.27. The maximum atomic E-state index is 12.1. The molecule has 1 aromatic rings. The molecule has 110 valence electrons. The molecule has 1 rings (SSSR count). The molecule has 0 saturated carbocycles. The normalized spacial score (nSPS) is 13.7. The van der Waals surface area contributed by atoms with Crippen LogP contribution in [0.15, 0.2) is 30.3 Å². The zero-order chi connectivity index (χ0) is 15.3. The second kappa shape index (κ2) is 6.41. The summed E-state index contributed by atoms with van der Waals surface area (Å²) < 4.78 is 0. The molecule has 0 fully saturated rings. The van der Waals surface area contributed by atoms with E-state index in [9.17, 15) is 14.7 Å². The molecular weight excluding hydrogens is 256 g/mol. The molecule has 0 aliphatic rings. The number of urea groups is 1. The molecule has 0 aromatic heterocycles. The largest absolute Gasteiger partial charge is 0.479 e. The summed E-state index contributed by atoms with van der Waals surface area (Å²) in [5.74, 6) is -0.770. The Morgan fingerprint density at radius 3 is 2.30 bits per heavy atom. The molecular formula is C15H22N2O3. The predicted molar refractivity (Wildman–Crippen MR) is 77.4 cm³/mol. The third-order valence-corrected chi connectivity index (χ3v) is 3.12. The highest BCUT2D eigenvalue weighted by Gasteiger charge is 2.37. The van der Waals surface area contributed by atoms with Gasteiger partial charge in [-0.2, -0.15) is 0 Å². The lowest BCUT2D eigenvalue weighted by molar-refractivity contribution is -0.144. The second-order valence-electron chi connectivity index (χ2n) is 5.50. The molecule has 5 heteroatoms. The second-order valence-corrected chi connectivity index (χ2v) is 5.50. The van der Waals surface area contributed by atoms with Gasteiger partial charge >= 0.3 is 12.0 Å². The van der Waals surface area contributed by atoms with E-state index in [1.54, 1.807) is 37.4 Å². The number of nitrogens with one attached hydrogen (secondary N) is 1. The molecule has 5 nitrogen and oxygen atoms in total. The lowest BCUT2D eigenvalue weighted by Gasteiger charge is -2.30. The van der Waals surface area contributed by atoms with Gasteiger partial charge in [-0.1, -0.05) is 44.2 Å². The Labute approximate surface area is 119 Å². The molecule has 0 heterocycles. The van der Waals surface area contributed by atoms with Gasteiger partial charge in [0.05, 0.1) is 0 Å². The van der Waals surface area contributed by atoms with Crippen LogP contribution in [0.5, 0.6) is 0 Å². The number of amides is 2. The Kier molecular flexibility index (Phi) is 5.13. The van der Waals surface area contributed by atoms with Gasteiger partial charge in [0.15, 0.2) is 5.54 Å². The maximum absolute atomic E-state index is 12.1. The molecule has 2 amide bonds. The van der Waals surface area contributed by atoms with Crippen molar-refractivity contribution in [2.24, 2.45) is 5.92 Å². The third kappa shape index (κ3) is 3.73. The van der Waals surface area contributed by atoms with Gasteiger partial charge < -0.3 is 15.3 Å². The number of benzene rings is 1. The van der Waals surface area contributed by atoms with Crippen molar-refractivity contribution in [2.45, 2.75) is 26.3 Å². The van der Waals surface area contributed by atoms with Gasteiger partial charge in [-0.05, 0) is 18.4 Å². The lowest BCUT2D eigenvalue weighted by atomic mass is 9.92. The van der Waals surface area contributed by atoms with E-state index in [-0.39, 0.29) is 0 Å². The van der Waals surface area contributed by atoms with Gasteiger partial charge in [0.1, 0.15) is 0 Å². The van der Waals surface area contributed by atoms with Crippen LogP contribution in [-0.4, -0.2) is 35.6 Å². The van der Waals surface area contributed by atoms with Gasteiger partial charge in [0.2, 0.25) is 0 Å². The summed E-state index contributed by atoms with van der Waals surface area (Å²) in [6, 6.07) is 8.29. The molecule has 0 aliphatic carbocycles. The average molecular weight is 278 g/mol. The average Bonchev–Trinajstić information content (AvgIpc) is 2.38. The van der Waals surface area contributed by atoms with Crippen LogP contribution in [0.25, 0.3) is 0 Å². The van der Waals surface area contributed by atoms with Crippen LogP contribution in [0.4, 0.5) is 4.79 Å². The Morgan fingerprint density at radius 1 is 1.30 bits per heavy atom. The third-order valence-electron chi connectivity index (χ3n) is 3.12. The van der Waals surface area contributed by atoms with Crippen LogP contribution in [0.1, 0.15) is 26.3 Å². The summed E-state index contributed by atoms with van der Waals surface area (Å²) in [6.07, 6.45) is 0. The van der Waals surface area contributed by atoms with Crippen molar-refractivity contribution in [3.05, 3.63) is 35.9 Å². The van der Waals surface area contributed by atoms with Crippen molar-refractivity contribution in [2.75, 3.05) is 13.6 Å². The summed E-state index contributed by atoms with van der Waals surface area (Å²) in [6.45, 7) is 6.05. The first kappa shape index (κ1) is 16.0. The lowest BCUT2D eigenvalue weighted by Crippen LogP contribution is -2.53. The van der Waals surface area contributed by atoms with Crippen LogP contribution < -0.4 is 5.32 Å². The van der Waals surface area contributed by atoms with Gasteiger partial charge in [0, 0.05) is 13.6 Å². The topological polar surface area (TPSA) is 69.6 Å². The number of hydrogen-bond donors (Lipinski definition) is 2. The molecule has 0 aliphatic heterocycles. The van der Waals surface area contributed by atoms with E-state index in [0.29, 0.717) is 18.0 Å². The Morgan fingerprint density at radius 2 is 1.85 bits per heavy atom. The van der Waals surface area contributed by atoms with Crippen molar-refractivity contribution >= 4 is 12.0 Å². The minimum Gasteiger partial charge on any atom is -0.479 e.